The third-order valence-electron chi connectivity index (χ3n) is 5.35. The maximum Gasteiger partial charge on any atom is 0.239 e. The number of anilines is 1. The van der Waals surface area contributed by atoms with Gasteiger partial charge < -0.3 is 5.32 Å². The third kappa shape index (κ3) is 5.12. The summed E-state index contributed by atoms with van der Waals surface area (Å²) in [4.78, 5) is 14.5. The van der Waals surface area contributed by atoms with Crippen LogP contribution in [0.3, 0.4) is 0 Å². The molecule has 0 saturated heterocycles. The fraction of sp³-hybridized carbons (Fsp3) is 0.409. The van der Waals surface area contributed by atoms with E-state index in [1.54, 1.807) is 6.20 Å². The number of hydrogen-bond donors (Lipinski definition) is 1. The minimum atomic E-state index is -0.0241. The number of likely N-dealkylation sites (N-methyl/N-ethyl adjacent to an activating group) is 1. The molecule has 0 aliphatic heterocycles. The van der Waals surface area contributed by atoms with Gasteiger partial charge in [0.2, 0.25) is 5.91 Å². The summed E-state index contributed by atoms with van der Waals surface area (Å²) in [5, 5.41) is 11.9. The van der Waals surface area contributed by atoms with Crippen LogP contribution in [-0.4, -0.2) is 44.0 Å². The van der Waals surface area contributed by atoms with Crippen LogP contribution in [0.5, 0.6) is 0 Å². The number of amides is 1. The summed E-state index contributed by atoms with van der Waals surface area (Å²) in [6.07, 6.45) is 10.4. The highest BCUT2D eigenvalue weighted by Crippen LogP contribution is 2.31. The maximum absolute atomic E-state index is 12.5. The summed E-state index contributed by atoms with van der Waals surface area (Å²) >= 11 is 0. The summed E-state index contributed by atoms with van der Waals surface area (Å²) in [7, 11) is 1.95. The third-order valence-corrected chi connectivity index (χ3v) is 5.35. The summed E-state index contributed by atoms with van der Waals surface area (Å²) in [5.74, 6) is 0.773. The standard InChI is InChI=1S/C22H28N6O/c1-26(14-19-13-24-27(16-19)15-18-7-3-2-4-8-18)17-22(29)25-21-11-12-23-28(21)20-9-5-6-10-20/h2-4,7-8,11-13,16,20H,5-6,9-10,14-15,17H2,1H3,(H,25,29). The first kappa shape index (κ1) is 19.4. The topological polar surface area (TPSA) is 68.0 Å². The Morgan fingerprint density at radius 3 is 2.72 bits per heavy atom. The van der Waals surface area contributed by atoms with Crippen LogP contribution in [0.2, 0.25) is 0 Å². The van der Waals surface area contributed by atoms with Crippen molar-refractivity contribution in [1.29, 1.82) is 0 Å². The van der Waals surface area contributed by atoms with Gasteiger partial charge in [0.1, 0.15) is 5.82 Å². The molecule has 0 bridgehead atoms. The average molecular weight is 393 g/mol. The van der Waals surface area contributed by atoms with Crippen LogP contribution in [0.4, 0.5) is 5.82 Å². The number of benzene rings is 1. The van der Waals surface area contributed by atoms with Crippen molar-refractivity contribution >= 4 is 11.7 Å². The highest BCUT2D eigenvalue weighted by atomic mass is 16.2. The van der Waals surface area contributed by atoms with Gasteiger partial charge in [0, 0.05) is 24.4 Å². The molecule has 0 spiro atoms. The van der Waals surface area contributed by atoms with Crippen molar-refractivity contribution in [2.45, 2.75) is 44.8 Å². The first-order valence-electron chi connectivity index (χ1n) is 10.2. The Balaban J connectivity index is 1.28. The van der Waals surface area contributed by atoms with Gasteiger partial charge in [-0.15, -0.1) is 0 Å². The molecule has 0 radical (unpaired) electrons. The number of carbonyl (C=O) groups is 1. The molecule has 1 N–H and O–H groups in total. The molecule has 1 aliphatic rings. The Labute approximate surface area is 171 Å². The smallest absolute Gasteiger partial charge is 0.239 e. The van der Waals surface area contributed by atoms with E-state index >= 15 is 0 Å². The van der Waals surface area contributed by atoms with E-state index in [2.05, 4.69) is 27.6 Å². The minimum absolute atomic E-state index is 0.0241. The number of carbonyl (C=O) groups excluding carboxylic acids is 1. The van der Waals surface area contributed by atoms with Crippen LogP contribution in [0.25, 0.3) is 0 Å². The largest absolute Gasteiger partial charge is 0.310 e. The van der Waals surface area contributed by atoms with Gasteiger partial charge in [-0.3, -0.25) is 14.4 Å². The highest BCUT2D eigenvalue weighted by Gasteiger charge is 2.20. The molecule has 1 fully saturated rings. The molecule has 0 unspecified atom stereocenters. The first-order valence-corrected chi connectivity index (χ1v) is 10.2. The van der Waals surface area contributed by atoms with Crippen molar-refractivity contribution in [2.75, 3.05) is 18.9 Å². The summed E-state index contributed by atoms with van der Waals surface area (Å²) in [6.45, 7) is 1.74. The predicted molar refractivity (Wildman–Crippen MR) is 112 cm³/mol. The number of rotatable bonds is 8. The van der Waals surface area contributed by atoms with Gasteiger partial charge in [0.15, 0.2) is 0 Å². The lowest BCUT2D eigenvalue weighted by molar-refractivity contribution is -0.117. The highest BCUT2D eigenvalue weighted by molar-refractivity contribution is 5.91. The van der Waals surface area contributed by atoms with E-state index in [0.717, 1.165) is 30.8 Å². The summed E-state index contributed by atoms with van der Waals surface area (Å²) in [5.41, 5.74) is 2.31. The van der Waals surface area contributed by atoms with Crippen LogP contribution in [0.15, 0.2) is 55.0 Å². The molecule has 29 heavy (non-hydrogen) atoms. The molecule has 3 aromatic rings. The Hall–Kier alpha value is -2.93. The normalized spacial score (nSPS) is 14.6. The van der Waals surface area contributed by atoms with Crippen molar-refractivity contribution in [3.8, 4) is 0 Å². The fourth-order valence-corrected chi connectivity index (χ4v) is 3.99. The number of hydrogen-bond acceptors (Lipinski definition) is 4. The summed E-state index contributed by atoms with van der Waals surface area (Å²) < 4.78 is 3.90. The monoisotopic (exact) mass is 392 g/mol. The molecule has 1 amide bonds. The van der Waals surface area contributed by atoms with Crippen molar-refractivity contribution in [2.24, 2.45) is 0 Å². The van der Waals surface area contributed by atoms with E-state index in [9.17, 15) is 4.79 Å². The van der Waals surface area contributed by atoms with Gasteiger partial charge in [0.05, 0.1) is 31.5 Å². The average Bonchev–Trinajstić information content (AvgIpc) is 3.44. The van der Waals surface area contributed by atoms with Crippen LogP contribution in [0.1, 0.15) is 42.9 Å². The zero-order valence-corrected chi connectivity index (χ0v) is 16.9. The van der Waals surface area contributed by atoms with E-state index in [1.165, 1.54) is 18.4 Å². The lowest BCUT2D eigenvalue weighted by Crippen LogP contribution is -2.30. The second-order valence-electron chi connectivity index (χ2n) is 7.85. The summed E-state index contributed by atoms with van der Waals surface area (Å²) in [6, 6.07) is 12.5. The Bertz CT molecular complexity index is 926. The molecule has 1 aromatic carbocycles. The molecule has 2 aromatic heterocycles. The Kier molecular flexibility index (Phi) is 6.05. The lowest BCUT2D eigenvalue weighted by Gasteiger charge is -2.17. The second kappa shape index (κ2) is 9.05. The maximum atomic E-state index is 12.5. The molecule has 2 heterocycles. The van der Waals surface area contributed by atoms with Crippen LogP contribution in [0, 0.1) is 0 Å². The molecule has 4 rings (SSSR count). The Morgan fingerprint density at radius 2 is 1.93 bits per heavy atom. The zero-order chi connectivity index (χ0) is 20.1. The molecular formula is C22H28N6O. The zero-order valence-electron chi connectivity index (χ0n) is 16.9. The molecule has 7 heteroatoms. The number of aromatic nitrogens is 4. The van der Waals surface area contributed by atoms with Gasteiger partial charge in [-0.1, -0.05) is 43.2 Å². The molecule has 0 atom stereocenters. The second-order valence-corrected chi connectivity index (χ2v) is 7.85. The van der Waals surface area contributed by atoms with Crippen molar-refractivity contribution in [3.05, 3.63) is 66.1 Å². The quantitative estimate of drug-likeness (QED) is 0.639. The van der Waals surface area contributed by atoms with Gasteiger partial charge in [-0.2, -0.15) is 10.2 Å². The fourth-order valence-electron chi connectivity index (χ4n) is 3.99. The lowest BCUT2D eigenvalue weighted by atomic mass is 10.2. The van der Waals surface area contributed by atoms with Gasteiger partial charge in [0.25, 0.3) is 0 Å². The molecule has 1 aliphatic carbocycles. The molecule has 1 saturated carbocycles. The van der Waals surface area contributed by atoms with E-state index < -0.39 is 0 Å². The van der Waals surface area contributed by atoms with Crippen molar-refractivity contribution in [3.63, 3.8) is 0 Å². The van der Waals surface area contributed by atoms with Gasteiger partial charge in [-0.05, 0) is 25.5 Å². The SMILES string of the molecule is CN(CC(=O)Nc1ccnn1C1CCCC1)Cc1cnn(Cc2ccccc2)c1. The van der Waals surface area contributed by atoms with Crippen molar-refractivity contribution < 1.29 is 4.79 Å². The van der Waals surface area contributed by atoms with E-state index in [4.69, 9.17) is 0 Å². The Morgan fingerprint density at radius 1 is 1.14 bits per heavy atom. The van der Waals surface area contributed by atoms with Gasteiger partial charge >= 0.3 is 0 Å². The van der Waals surface area contributed by atoms with Crippen LogP contribution >= 0.6 is 0 Å². The van der Waals surface area contributed by atoms with Crippen LogP contribution < -0.4 is 5.32 Å². The van der Waals surface area contributed by atoms with E-state index in [-0.39, 0.29) is 5.91 Å². The molecular weight excluding hydrogens is 364 g/mol. The molecule has 152 valence electrons. The van der Waals surface area contributed by atoms with Gasteiger partial charge in [-0.25, -0.2) is 4.68 Å². The predicted octanol–water partition coefficient (Wildman–Crippen LogP) is 3.31. The van der Waals surface area contributed by atoms with Crippen LogP contribution in [-0.2, 0) is 17.9 Å². The van der Waals surface area contributed by atoms with E-state index in [1.807, 2.05) is 58.0 Å². The minimum Gasteiger partial charge on any atom is -0.310 e. The number of nitrogens with zero attached hydrogens (tertiary/aromatic N) is 5. The first-order chi connectivity index (χ1) is 14.2. The van der Waals surface area contributed by atoms with E-state index in [0.29, 0.717) is 19.1 Å². The molecule has 7 nitrogen and oxygen atoms in total. The van der Waals surface area contributed by atoms with Crippen molar-refractivity contribution in [1.82, 2.24) is 24.5 Å². The number of nitrogens with one attached hydrogen (secondary N) is 1.